The molecule has 0 atom stereocenters. The quantitative estimate of drug-likeness (QED) is 0.392. The highest BCUT2D eigenvalue weighted by molar-refractivity contribution is 5.48. The first-order valence-corrected chi connectivity index (χ1v) is 3.83. The zero-order chi connectivity index (χ0) is 9.84. The third kappa shape index (κ3) is 1.85. The van der Waals surface area contributed by atoms with E-state index in [1.807, 2.05) is 0 Å². The Morgan fingerprint density at radius 2 is 2.31 bits per heavy atom. The van der Waals surface area contributed by atoms with Gasteiger partial charge in [0.15, 0.2) is 0 Å². The van der Waals surface area contributed by atoms with E-state index in [0.29, 0.717) is 17.5 Å². The van der Waals surface area contributed by atoms with Crippen molar-refractivity contribution in [2.45, 2.75) is 13.3 Å². The van der Waals surface area contributed by atoms with Gasteiger partial charge in [-0.1, -0.05) is 18.2 Å². The number of hydrogen-bond donors (Lipinski definition) is 0. The van der Waals surface area contributed by atoms with E-state index in [-0.39, 0.29) is 10.6 Å². The average molecular weight is 175 g/mol. The highest BCUT2D eigenvalue weighted by Gasteiger charge is 2.14. The Morgan fingerprint density at radius 1 is 1.62 bits per heavy atom. The van der Waals surface area contributed by atoms with Crippen molar-refractivity contribution in [3.05, 3.63) is 39.4 Å². The topological polar surface area (TPSA) is 43.1 Å². The van der Waals surface area contributed by atoms with Crippen molar-refractivity contribution in [3.63, 3.8) is 0 Å². The van der Waals surface area contributed by atoms with Gasteiger partial charge in [0.1, 0.15) is 0 Å². The summed E-state index contributed by atoms with van der Waals surface area (Å²) >= 11 is 0. The van der Waals surface area contributed by atoms with Gasteiger partial charge in [-0.05, 0) is 6.92 Å². The van der Waals surface area contributed by atoms with Crippen LogP contribution in [0.25, 0.3) is 0 Å². The van der Waals surface area contributed by atoms with Crippen molar-refractivity contribution in [2.75, 3.05) is 0 Å². The molecule has 0 saturated heterocycles. The zero-order valence-electron chi connectivity index (χ0n) is 7.28. The van der Waals surface area contributed by atoms with E-state index in [1.165, 1.54) is 0 Å². The summed E-state index contributed by atoms with van der Waals surface area (Å²) in [4.78, 5) is 10.3. The smallest absolute Gasteiger partial charge is 0.258 e. The van der Waals surface area contributed by atoms with Gasteiger partial charge in [0.2, 0.25) is 0 Å². The van der Waals surface area contributed by atoms with E-state index in [0.717, 1.165) is 0 Å². The van der Waals surface area contributed by atoms with E-state index in [9.17, 15) is 10.1 Å². The van der Waals surface area contributed by atoms with Crippen LogP contribution in [0.3, 0.4) is 0 Å². The van der Waals surface area contributed by atoms with Crippen molar-refractivity contribution in [1.29, 1.82) is 0 Å². The third-order valence-electron chi connectivity index (χ3n) is 1.80. The minimum absolute atomic E-state index is 0.139. The molecular formula is C10H9NO2. The Hall–Kier alpha value is -1.82. The standard InChI is InChI=1S/C10H9NO2/c1-3-5-9-7-4-6-8(2)10(9)11(12)13/h1,4,6-7H,5H2,2H3. The molecule has 3 heteroatoms. The number of aryl methyl sites for hydroxylation is 1. The van der Waals surface area contributed by atoms with Crippen molar-refractivity contribution in [1.82, 2.24) is 0 Å². The first kappa shape index (κ1) is 9.27. The molecule has 66 valence electrons. The SMILES string of the molecule is C#CCc1cccc(C)c1[N+](=O)[O-]. The second-order valence-corrected chi connectivity index (χ2v) is 2.72. The lowest BCUT2D eigenvalue weighted by molar-refractivity contribution is -0.386. The lowest BCUT2D eigenvalue weighted by Gasteiger charge is -2.00. The summed E-state index contributed by atoms with van der Waals surface area (Å²) in [6, 6.07) is 5.16. The van der Waals surface area contributed by atoms with Gasteiger partial charge in [0, 0.05) is 17.5 Å². The normalized spacial score (nSPS) is 9.23. The second-order valence-electron chi connectivity index (χ2n) is 2.72. The summed E-state index contributed by atoms with van der Waals surface area (Å²) < 4.78 is 0. The molecule has 0 aromatic heterocycles. The van der Waals surface area contributed by atoms with Crippen LogP contribution in [0.1, 0.15) is 11.1 Å². The van der Waals surface area contributed by atoms with Crippen LogP contribution in [0.4, 0.5) is 5.69 Å². The Kier molecular flexibility index (Phi) is 2.65. The molecule has 0 fully saturated rings. The van der Waals surface area contributed by atoms with Crippen LogP contribution in [0, 0.1) is 29.4 Å². The van der Waals surface area contributed by atoms with Gasteiger partial charge in [-0.25, -0.2) is 0 Å². The number of hydrogen-bond acceptors (Lipinski definition) is 2. The molecule has 0 radical (unpaired) electrons. The largest absolute Gasteiger partial charge is 0.276 e. The van der Waals surface area contributed by atoms with Crippen LogP contribution in [-0.4, -0.2) is 4.92 Å². The molecule has 3 nitrogen and oxygen atoms in total. The van der Waals surface area contributed by atoms with Gasteiger partial charge in [-0.3, -0.25) is 10.1 Å². The van der Waals surface area contributed by atoms with E-state index in [4.69, 9.17) is 6.42 Å². The fourth-order valence-electron chi connectivity index (χ4n) is 1.23. The van der Waals surface area contributed by atoms with Crippen LogP contribution in [0.5, 0.6) is 0 Å². The zero-order valence-corrected chi connectivity index (χ0v) is 7.28. The highest BCUT2D eigenvalue weighted by atomic mass is 16.6. The number of terminal acetylenes is 1. The molecule has 0 saturated carbocycles. The Balaban J connectivity index is 3.27. The monoisotopic (exact) mass is 175 g/mol. The molecule has 0 aliphatic carbocycles. The first-order valence-electron chi connectivity index (χ1n) is 3.83. The summed E-state index contributed by atoms with van der Waals surface area (Å²) in [7, 11) is 0. The fourth-order valence-corrected chi connectivity index (χ4v) is 1.23. The Labute approximate surface area is 76.5 Å². The first-order chi connectivity index (χ1) is 6.16. The maximum atomic E-state index is 10.7. The molecule has 1 aromatic carbocycles. The lowest BCUT2D eigenvalue weighted by Crippen LogP contribution is -1.97. The average Bonchev–Trinajstić information content (AvgIpc) is 2.04. The molecule has 1 rings (SSSR count). The predicted octanol–water partition coefficient (Wildman–Crippen LogP) is 2.08. The number of nitro groups is 1. The maximum Gasteiger partial charge on any atom is 0.276 e. The summed E-state index contributed by atoms with van der Waals surface area (Å²) in [5.74, 6) is 2.40. The summed E-state index contributed by atoms with van der Waals surface area (Å²) in [6.45, 7) is 1.71. The summed E-state index contributed by atoms with van der Waals surface area (Å²) in [6.07, 6.45) is 5.41. The summed E-state index contributed by atoms with van der Waals surface area (Å²) in [5, 5.41) is 10.7. The van der Waals surface area contributed by atoms with Gasteiger partial charge in [-0.15, -0.1) is 12.3 Å². The van der Waals surface area contributed by atoms with Crippen molar-refractivity contribution in [2.24, 2.45) is 0 Å². The number of para-hydroxylation sites is 1. The molecule has 0 heterocycles. The van der Waals surface area contributed by atoms with E-state index < -0.39 is 0 Å². The molecule has 13 heavy (non-hydrogen) atoms. The van der Waals surface area contributed by atoms with Crippen LogP contribution < -0.4 is 0 Å². The third-order valence-corrected chi connectivity index (χ3v) is 1.80. The van der Waals surface area contributed by atoms with Gasteiger partial charge in [0.05, 0.1) is 4.92 Å². The Morgan fingerprint density at radius 3 is 2.85 bits per heavy atom. The molecule has 0 bridgehead atoms. The molecular weight excluding hydrogens is 166 g/mol. The van der Waals surface area contributed by atoms with E-state index >= 15 is 0 Å². The maximum absolute atomic E-state index is 10.7. The molecule has 0 aliphatic rings. The van der Waals surface area contributed by atoms with E-state index in [2.05, 4.69) is 5.92 Å². The second kappa shape index (κ2) is 3.72. The molecule has 0 spiro atoms. The van der Waals surface area contributed by atoms with E-state index in [1.54, 1.807) is 25.1 Å². The molecule has 0 amide bonds. The minimum atomic E-state index is -0.387. The fraction of sp³-hybridized carbons (Fsp3) is 0.200. The van der Waals surface area contributed by atoms with Gasteiger partial charge in [0.25, 0.3) is 5.69 Å². The minimum Gasteiger partial charge on any atom is -0.258 e. The van der Waals surface area contributed by atoms with Crippen LogP contribution >= 0.6 is 0 Å². The van der Waals surface area contributed by atoms with Gasteiger partial charge in [-0.2, -0.15) is 0 Å². The lowest BCUT2D eigenvalue weighted by atomic mass is 10.1. The Bertz CT molecular complexity index is 377. The summed E-state index contributed by atoms with van der Waals surface area (Å²) in [5.41, 5.74) is 1.39. The molecule has 0 aliphatic heterocycles. The van der Waals surface area contributed by atoms with Crippen molar-refractivity contribution in [3.8, 4) is 12.3 Å². The molecule has 0 N–H and O–H groups in total. The molecule has 0 unspecified atom stereocenters. The number of nitrogens with zero attached hydrogens (tertiary/aromatic N) is 1. The number of benzene rings is 1. The van der Waals surface area contributed by atoms with Crippen molar-refractivity contribution < 1.29 is 4.92 Å². The number of nitro benzene ring substituents is 1. The van der Waals surface area contributed by atoms with Crippen LogP contribution in [-0.2, 0) is 6.42 Å². The van der Waals surface area contributed by atoms with Crippen molar-refractivity contribution >= 4 is 5.69 Å². The highest BCUT2D eigenvalue weighted by Crippen LogP contribution is 2.22. The predicted molar refractivity (Wildman–Crippen MR) is 50.4 cm³/mol. The van der Waals surface area contributed by atoms with Crippen LogP contribution in [0.2, 0.25) is 0 Å². The number of rotatable bonds is 2. The van der Waals surface area contributed by atoms with Gasteiger partial charge < -0.3 is 0 Å². The van der Waals surface area contributed by atoms with Gasteiger partial charge >= 0.3 is 0 Å². The van der Waals surface area contributed by atoms with Crippen LogP contribution in [0.15, 0.2) is 18.2 Å². The molecule has 1 aromatic rings.